The highest BCUT2D eigenvalue weighted by Crippen LogP contribution is 2.24. The van der Waals surface area contributed by atoms with Gasteiger partial charge in [-0.1, -0.05) is 13.8 Å². The van der Waals surface area contributed by atoms with Crippen LogP contribution in [0, 0.1) is 17.2 Å². The lowest BCUT2D eigenvalue weighted by molar-refractivity contribution is -0.0203. The van der Waals surface area contributed by atoms with Gasteiger partial charge in [0.15, 0.2) is 6.10 Å². The van der Waals surface area contributed by atoms with E-state index in [4.69, 9.17) is 14.7 Å². The number of nitrogens with one attached hydrogen (secondary N) is 1. The average molecular weight is 331 g/mol. The number of nitrogens with zero attached hydrogens (tertiary/aromatic N) is 4. The van der Waals surface area contributed by atoms with Crippen LogP contribution < -0.4 is 10.2 Å². The van der Waals surface area contributed by atoms with E-state index in [1.54, 1.807) is 6.33 Å². The topological polar surface area (TPSA) is 83.3 Å². The lowest BCUT2D eigenvalue weighted by atomic mass is 9.94. The Balaban J connectivity index is 1.70. The zero-order chi connectivity index (χ0) is 16.9. The molecular weight excluding hydrogens is 306 g/mol. The molecule has 2 saturated heterocycles. The first-order valence-corrected chi connectivity index (χ1v) is 8.63. The van der Waals surface area contributed by atoms with Gasteiger partial charge in [-0.25, -0.2) is 9.97 Å². The fraction of sp³-hybridized carbons (Fsp3) is 0.706. The Labute approximate surface area is 143 Å². The number of hydrogen-bond donors (Lipinski definition) is 1. The van der Waals surface area contributed by atoms with E-state index in [1.165, 1.54) is 0 Å². The monoisotopic (exact) mass is 331 g/mol. The van der Waals surface area contributed by atoms with Gasteiger partial charge in [-0.15, -0.1) is 0 Å². The van der Waals surface area contributed by atoms with Crippen LogP contribution in [-0.4, -0.2) is 54.5 Å². The molecule has 0 radical (unpaired) electrons. The normalized spacial score (nSPS) is 27.8. The van der Waals surface area contributed by atoms with Crippen LogP contribution in [0.4, 0.5) is 11.6 Å². The highest BCUT2D eigenvalue weighted by Gasteiger charge is 2.29. The summed E-state index contributed by atoms with van der Waals surface area (Å²) in [4.78, 5) is 10.8. The third-order valence-corrected chi connectivity index (χ3v) is 4.54. The molecule has 0 aromatic carbocycles. The van der Waals surface area contributed by atoms with Crippen LogP contribution in [0.25, 0.3) is 0 Å². The van der Waals surface area contributed by atoms with Crippen molar-refractivity contribution in [2.45, 2.75) is 44.9 Å². The molecule has 24 heavy (non-hydrogen) atoms. The third kappa shape index (κ3) is 3.94. The quantitative estimate of drug-likeness (QED) is 0.901. The number of nitriles is 1. The molecular formula is C17H25N5O2. The Morgan fingerprint density at radius 3 is 3.00 bits per heavy atom. The molecule has 2 aliphatic rings. The van der Waals surface area contributed by atoms with E-state index in [0.717, 1.165) is 37.6 Å². The number of anilines is 2. The van der Waals surface area contributed by atoms with Crippen molar-refractivity contribution in [3.8, 4) is 6.07 Å². The second-order valence-electron chi connectivity index (χ2n) is 6.67. The summed E-state index contributed by atoms with van der Waals surface area (Å²) in [5, 5.41) is 12.6. The van der Waals surface area contributed by atoms with E-state index in [0.29, 0.717) is 19.1 Å². The van der Waals surface area contributed by atoms with Crippen molar-refractivity contribution in [3.63, 3.8) is 0 Å². The van der Waals surface area contributed by atoms with E-state index in [2.05, 4.69) is 40.1 Å². The summed E-state index contributed by atoms with van der Waals surface area (Å²) in [6.07, 6.45) is 3.51. The fourth-order valence-electron chi connectivity index (χ4n) is 3.34. The van der Waals surface area contributed by atoms with Gasteiger partial charge in [-0.2, -0.15) is 5.26 Å². The molecule has 0 bridgehead atoms. The molecule has 3 rings (SSSR count). The van der Waals surface area contributed by atoms with Gasteiger partial charge in [0.2, 0.25) is 0 Å². The summed E-state index contributed by atoms with van der Waals surface area (Å²) >= 11 is 0. The maximum absolute atomic E-state index is 9.05. The molecule has 3 heterocycles. The number of morpholine rings is 1. The Morgan fingerprint density at radius 1 is 1.33 bits per heavy atom. The van der Waals surface area contributed by atoms with Crippen LogP contribution in [0.5, 0.6) is 0 Å². The van der Waals surface area contributed by atoms with Gasteiger partial charge in [-0.3, -0.25) is 0 Å². The lowest BCUT2D eigenvalue weighted by Crippen LogP contribution is -2.43. The van der Waals surface area contributed by atoms with Crippen molar-refractivity contribution in [1.29, 1.82) is 5.26 Å². The summed E-state index contributed by atoms with van der Waals surface area (Å²) in [6, 6.07) is 4.37. The summed E-state index contributed by atoms with van der Waals surface area (Å²) in [5.74, 6) is 2.09. The van der Waals surface area contributed by atoms with Crippen LogP contribution in [-0.2, 0) is 9.47 Å². The molecule has 2 fully saturated rings. The molecule has 7 nitrogen and oxygen atoms in total. The van der Waals surface area contributed by atoms with Gasteiger partial charge in [0.05, 0.1) is 31.4 Å². The molecule has 7 heteroatoms. The van der Waals surface area contributed by atoms with Gasteiger partial charge in [0, 0.05) is 19.2 Å². The first kappa shape index (κ1) is 16.9. The van der Waals surface area contributed by atoms with Crippen LogP contribution >= 0.6 is 0 Å². The van der Waals surface area contributed by atoms with Crippen molar-refractivity contribution in [2.75, 3.05) is 36.5 Å². The maximum Gasteiger partial charge on any atom is 0.161 e. The van der Waals surface area contributed by atoms with E-state index in [9.17, 15) is 0 Å². The minimum absolute atomic E-state index is 0.198. The Morgan fingerprint density at radius 2 is 2.21 bits per heavy atom. The smallest absolute Gasteiger partial charge is 0.161 e. The molecule has 2 aliphatic heterocycles. The summed E-state index contributed by atoms with van der Waals surface area (Å²) in [6.45, 7) is 7.01. The van der Waals surface area contributed by atoms with E-state index in [1.807, 2.05) is 6.07 Å². The molecule has 1 aromatic heterocycles. The van der Waals surface area contributed by atoms with Crippen LogP contribution in [0.15, 0.2) is 12.4 Å². The predicted octanol–water partition coefficient (Wildman–Crippen LogP) is 1.82. The Bertz CT molecular complexity index is 589. The highest BCUT2D eigenvalue weighted by atomic mass is 16.5. The second kappa shape index (κ2) is 7.77. The van der Waals surface area contributed by atoms with Crippen molar-refractivity contribution < 1.29 is 9.47 Å². The molecule has 1 N–H and O–H groups in total. The van der Waals surface area contributed by atoms with Crippen LogP contribution in [0.3, 0.4) is 0 Å². The second-order valence-corrected chi connectivity index (χ2v) is 6.67. The van der Waals surface area contributed by atoms with Crippen molar-refractivity contribution >= 4 is 11.6 Å². The van der Waals surface area contributed by atoms with Crippen LogP contribution in [0.1, 0.15) is 26.7 Å². The Kier molecular flexibility index (Phi) is 5.48. The standard InChI is InChI=1S/C17H25N5O2/c1-12(2)17-14(4-3-6-24-17)21-15-8-16(20-11-19-15)22-5-7-23-13(9-18)10-22/h8,11-14,17H,3-7,10H2,1-2H3,(H,19,20,21)/t13-,14+,17-/m0/s1. The number of rotatable bonds is 4. The molecule has 0 unspecified atom stereocenters. The Hall–Kier alpha value is -1.91. The van der Waals surface area contributed by atoms with E-state index in [-0.39, 0.29) is 12.1 Å². The minimum atomic E-state index is -0.401. The van der Waals surface area contributed by atoms with Gasteiger partial charge in [0.25, 0.3) is 0 Å². The first-order chi connectivity index (χ1) is 11.7. The number of ether oxygens (including phenoxy) is 2. The molecule has 3 atom stereocenters. The van der Waals surface area contributed by atoms with Crippen molar-refractivity contribution in [2.24, 2.45) is 5.92 Å². The zero-order valence-electron chi connectivity index (χ0n) is 14.3. The van der Waals surface area contributed by atoms with Gasteiger partial charge in [0.1, 0.15) is 18.0 Å². The highest BCUT2D eigenvalue weighted by molar-refractivity contribution is 5.49. The molecule has 0 saturated carbocycles. The van der Waals surface area contributed by atoms with Crippen molar-refractivity contribution in [3.05, 3.63) is 12.4 Å². The van der Waals surface area contributed by atoms with Gasteiger partial charge in [-0.05, 0) is 18.8 Å². The number of aromatic nitrogens is 2. The summed E-state index contributed by atoms with van der Waals surface area (Å²) in [5.41, 5.74) is 0. The largest absolute Gasteiger partial charge is 0.376 e. The summed E-state index contributed by atoms with van der Waals surface area (Å²) < 4.78 is 11.3. The van der Waals surface area contributed by atoms with Gasteiger partial charge >= 0.3 is 0 Å². The first-order valence-electron chi connectivity index (χ1n) is 8.63. The maximum atomic E-state index is 9.05. The molecule has 0 amide bonds. The molecule has 1 aromatic rings. The third-order valence-electron chi connectivity index (χ3n) is 4.54. The van der Waals surface area contributed by atoms with Gasteiger partial charge < -0.3 is 19.7 Å². The lowest BCUT2D eigenvalue weighted by Gasteiger charge is -2.35. The molecule has 130 valence electrons. The SMILES string of the molecule is CC(C)[C@@H]1OCCC[C@H]1Nc1cc(N2CCO[C@@H](C#N)C2)ncn1. The predicted molar refractivity (Wildman–Crippen MR) is 90.8 cm³/mol. The van der Waals surface area contributed by atoms with Crippen LogP contribution in [0.2, 0.25) is 0 Å². The number of hydrogen-bond acceptors (Lipinski definition) is 7. The van der Waals surface area contributed by atoms with E-state index < -0.39 is 6.10 Å². The average Bonchev–Trinajstić information content (AvgIpc) is 2.62. The minimum Gasteiger partial charge on any atom is -0.376 e. The van der Waals surface area contributed by atoms with Crippen molar-refractivity contribution in [1.82, 2.24) is 9.97 Å². The fourth-order valence-corrected chi connectivity index (χ4v) is 3.34. The molecule has 0 aliphatic carbocycles. The summed E-state index contributed by atoms with van der Waals surface area (Å²) in [7, 11) is 0. The van der Waals surface area contributed by atoms with E-state index >= 15 is 0 Å². The molecule has 0 spiro atoms. The zero-order valence-corrected chi connectivity index (χ0v) is 14.3.